The number of nitrogens with one attached hydrogen (secondary N) is 2. The average molecular weight is 387 g/mol. The second kappa shape index (κ2) is 7.86. The van der Waals surface area contributed by atoms with E-state index in [1.165, 1.54) is 13.2 Å². The van der Waals surface area contributed by atoms with Crippen LogP contribution in [-0.4, -0.2) is 19.1 Å². The van der Waals surface area contributed by atoms with Crippen LogP contribution in [-0.2, 0) is 11.0 Å². The molecule has 4 nitrogen and oxygen atoms in total. The van der Waals surface area contributed by atoms with E-state index < -0.39 is 23.7 Å². The molecule has 0 aliphatic carbocycles. The second-order valence-corrected chi connectivity index (χ2v) is 6.18. The van der Waals surface area contributed by atoms with E-state index in [4.69, 9.17) is 16.3 Å². The fourth-order valence-corrected chi connectivity index (χ4v) is 2.51. The van der Waals surface area contributed by atoms with Gasteiger partial charge < -0.3 is 15.4 Å². The molecule has 140 valence electrons. The summed E-state index contributed by atoms with van der Waals surface area (Å²) < 4.78 is 44.6. The summed E-state index contributed by atoms with van der Waals surface area (Å²) >= 11 is 5.64. The zero-order chi connectivity index (χ0) is 19.5. The Balaban J connectivity index is 2.19. The highest BCUT2D eigenvalue weighted by Crippen LogP contribution is 2.36. The molecule has 0 spiro atoms. The van der Waals surface area contributed by atoms with Crippen LogP contribution in [0.4, 0.5) is 24.5 Å². The van der Waals surface area contributed by atoms with Crippen LogP contribution in [0.2, 0.25) is 5.02 Å². The minimum absolute atomic E-state index is 0.0639. The molecule has 26 heavy (non-hydrogen) atoms. The van der Waals surface area contributed by atoms with E-state index in [9.17, 15) is 18.0 Å². The lowest BCUT2D eigenvalue weighted by Gasteiger charge is -2.19. The highest BCUT2D eigenvalue weighted by atomic mass is 35.5. The molecule has 0 aliphatic heterocycles. The summed E-state index contributed by atoms with van der Waals surface area (Å²) in [6, 6.07) is 7.76. The Labute approximate surface area is 154 Å². The van der Waals surface area contributed by atoms with Crippen molar-refractivity contribution in [2.24, 2.45) is 0 Å². The van der Waals surface area contributed by atoms with Crippen LogP contribution in [0.15, 0.2) is 36.4 Å². The summed E-state index contributed by atoms with van der Waals surface area (Å²) in [5, 5.41) is 5.18. The number of halogens is 4. The number of aryl methyl sites for hydroxylation is 1. The zero-order valence-electron chi connectivity index (χ0n) is 14.4. The van der Waals surface area contributed by atoms with Crippen molar-refractivity contribution in [2.45, 2.75) is 26.1 Å². The maximum absolute atomic E-state index is 13.1. The van der Waals surface area contributed by atoms with Gasteiger partial charge in [0.25, 0.3) is 0 Å². The van der Waals surface area contributed by atoms with Gasteiger partial charge in [-0.25, -0.2) is 0 Å². The highest BCUT2D eigenvalue weighted by Gasteiger charge is 2.34. The van der Waals surface area contributed by atoms with E-state index in [1.54, 1.807) is 19.1 Å². The van der Waals surface area contributed by atoms with E-state index >= 15 is 0 Å². The Morgan fingerprint density at radius 2 is 1.85 bits per heavy atom. The van der Waals surface area contributed by atoms with Gasteiger partial charge in [0.15, 0.2) is 0 Å². The number of benzene rings is 2. The number of hydrogen-bond acceptors (Lipinski definition) is 3. The van der Waals surface area contributed by atoms with Crippen LogP contribution in [0, 0.1) is 6.92 Å². The van der Waals surface area contributed by atoms with Crippen LogP contribution in [0.3, 0.4) is 0 Å². The Kier molecular flexibility index (Phi) is 6.02. The number of hydrogen-bond donors (Lipinski definition) is 2. The molecule has 0 aliphatic rings. The molecule has 0 bridgehead atoms. The van der Waals surface area contributed by atoms with Crippen molar-refractivity contribution in [1.29, 1.82) is 0 Å². The first-order valence-corrected chi connectivity index (χ1v) is 8.08. The third-order valence-electron chi connectivity index (χ3n) is 3.67. The largest absolute Gasteiger partial charge is 0.495 e. The number of anilines is 2. The molecule has 0 heterocycles. The molecule has 0 fully saturated rings. The average Bonchev–Trinajstić information content (AvgIpc) is 2.55. The smallest absolute Gasteiger partial charge is 0.418 e. The molecule has 2 N–H and O–H groups in total. The molecule has 0 radical (unpaired) electrons. The van der Waals surface area contributed by atoms with Crippen molar-refractivity contribution in [2.75, 3.05) is 17.7 Å². The van der Waals surface area contributed by atoms with Crippen molar-refractivity contribution < 1.29 is 22.7 Å². The van der Waals surface area contributed by atoms with Crippen LogP contribution < -0.4 is 15.4 Å². The maximum Gasteiger partial charge on any atom is 0.418 e. The predicted molar refractivity (Wildman–Crippen MR) is 95.9 cm³/mol. The van der Waals surface area contributed by atoms with Crippen molar-refractivity contribution in [3.63, 3.8) is 0 Å². The molecule has 1 atom stereocenters. The first-order valence-electron chi connectivity index (χ1n) is 7.70. The molecule has 0 saturated heterocycles. The number of amides is 1. The summed E-state index contributed by atoms with van der Waals surface area (Å²) in [7, 11) is 1.49. The Morgan fingerprint density at radius 3 is 2.46 bits per heavy atom. The van der Waals surface area contributed by atoms with Gasteiger partial charge in [0, 0.05) is 5.02 Å². The molecule has 1 amide bonds. The molecular formula is C18H18ClF3N2O2. The Bertz CT molecular complexity index is 810. The standard InChI is InChI=1S/C18H18ClF3N2O2/c1-10-4-7-16(26-3)15(8-10)23-11(2)17(25)24-14-6-5-12(19)9-13(14)18(20,21)22/h4-9,11,23H,1-3H3,(H,24,25). The predicted octanol–water partition coefficient (Wildman–Crippen LogP) is 5.11. The van der Waals surface area contributed by atoms with Gasteiger partial charge >= 0.3 is 6.18 Å². The minimum Gasteiger partial charge on any atom is -0.495 e. The first kappa shape index (κ1) is 19.9. The van der Waals surface area contributed by atoms with E-state index in [2.05, 4.69) is 10.6 Å². The van der Waals surface area contributed by atoms with E-state index in [1.807, 2.05) is 13.0 Å². The van der Waals surface area contributed by atoms with Crippen molar-refractivity contribution in [3.05, 3.63) is 52.5 Å². The molecule has 0 saturated carbocycles. The lowest BCUT2D eigenvalue weighted by molar-refractivity contribution is -0.137. The summed E-state index contributed by atoms with van der Waals surface area (Å²) in [6.45, 7) is 3.42. The molecule has 0 aromatic heterocycles. The van der Waals surface area contributed by atoms with Crippen molar-refractivity contribution in [1.82, 2.24) is 0 Å². The molecule has 2 aromatic carbocycles. The quantitative estimate of drug-likeness (QED) is 0.750. The van der Waals surface area contributed by atoms with E-state index in [0.29, 0.717) is 11.4 Å². The molecular weight excluding hydrogens is 369 g/mol. The number of carbonyl (C=O) groups is 1. The maximum atomic E-state index is 13.1. The summed E-state index contributed by atoms with van der Waals surface area (Å²) in [5.74, 6) is -0.0981. The lowest BCUT2D eigenvalue weighted by Crippen LogP contribution is -2.32. The van der Waals surface area contributed by atoms with Gasteiger partial charge in [-0.2, -0.15) is 13.2 Å². The Morgan fingerprint density at radius 1 is 1.15 bits per heavy atom. The number of rotatable bonds is 5. The summed E-state index contributed by atoms with van der Waals surface area (Å²) in [5.41, 5.74) is 0.163. The fraction of sp³-hybridized carbons (Fsp3) is 0.278. The zero-order valence-corrected chi connectivity index (χ0v) is 15.1. The van der Waals surface area contributed by atoms with Gasteiger partial charge in [-0.1, -0.05) is 17.7 Å². The number of ether oxygens (including phenoxy) is 1. The van der Waals surface area contributed by atoms with Crippen LogP contribution in [0.1, 0.15) is 18.1 Å². The van der Waals surface area contributed by atoms with Crippen LogP contribution in [0.5, 0.6) is 5.75 Å². The molecule has 8 heteroatoms. The van der Waals surface area contributed by atoms with E-state index in [0.717, 1.165) is 17.7 Å². The van der Waals surface area contributed by atoms with Gasteiger partial charge in [0.2, 0.25) is 5.91 Å². The first-order chi connectivity index (χ1) is 12.1. The monoisotopic (exact) mass is 386 g/mol. The van der Waals surface area contributed by atoms with Gasteiger partial charge in [-0.3, -0.25) is 4.79 Å². The van der Waals surface area contributed by atoms with Crippen molar-refractivity contribution in [3.8, 4) is 5.75 Å². The third-order valence-corrected chi connectivity index (χ3v) is 3.90. The summed E-state index contributed by atoms with van der Waals surface area (Å²) in [6.07, 6.45) is -4.63. The van der Waals surface area contributed by atoms with Gasteiger partial charge in [0.1, 0.15) is 11.8 Å². The topological polar surface area (TPSA) is 50.4 Å². The number of methoxy groups -OCH3 is 1. The fourth-order valence-electron chi connectivity index (χ4n) is 2.33. The van der Waals surface area contributed by atoms with Gasteiger partial charge in [0.05, 0.1) is 24.0 Å². The SMILES string of the molecule is COc1ccc(C)cc1NC(C)C(=O)Nc1ccc(Cl)cc1C(F)(F)F. The van der Waals surface area contributed by atoms with Crippen LogP contribution in [0.25, 0.3) is 0 Å². The number of carbonyl (C=O) groups excluding carboxylic acids is 1. The van der Waals surface area contributed by atoms with Gasteiger partial charge in [-0.05, 0) is 49.7 Å². The number of alkyl halides is 3. The molecule has 2 aromatic rings. The minimum atomic E-state index is -4.63. The Hall–Kier alpha value is -2.41. The lowest BCUT2D eigenvalue weighted by atomic mass is 10.1. The van der Waals surface area contributed by atoms with Crippen LogP contribution >= 0.6 is 11.6 Å². The highest BCUT2D eigenvalue weighted by molar-refractivity contribution is 6.30. The van der Waals surface area contributed by atoms with Crippen molar-refractivity contribution >= 4 is 28.9 Å². The summed E-state index contributed by atoms with van der Waals surface area (Å²) in [4.78, 5) is 12.4. The van der Waals surface area contributed by atoms with E-state index in [-0.39, 0.29) is 10.7 Å². The molecule has 2 rings (SSSR count). The second-order valence-electron chi connectivity index (χ2n) is 5.75. The van der Waals surface area contributed by atoms with Gasteiger partial charge in [-0.15, -0.1) is 0 Å². The molecule has 1 unspecified atom stereocenters. The normalized spacial score (nSPS) is 12.4. The third kappa shape index (κ3) is 4.82.